The first-order chi connectivity index (χ1) is 8.58. The number of anilines is 1. The zero-order valence-corrected chi connectivity index (χ0v) is 9.15. The number of hydrogen-bond acceptors (Lipinski definition) is 1. The Hall–Kier alpha value is -2.43. The first kappa shape index (κ1) is 12.0. The van der Waals surface area contributed by atoms with E-state index >= 15 is 0 Å². The lowest BCUT2D eigenvalue weighted by atomic mass is 10.0. The molecule has 92 valence electrons. The summed E-state index contributed by atoms with van der Waals surface area (Å²) in [5.41, 5.74) is 0.435. The van der Waals surface area contributed by atoms with Crippen molar-refractivity contribution in [2.24, 2.45) is 0 Å². The molecule has 0 radical (unpaired) electrons. The van der Waals surface area contributed by atoms with Crippen LogP contribution in [0.5, 0.6) is 0 Å². The molecule has 2 aromatic rings. The first-order valence-corrected chi connectivity index (χ1v) is 5.12. The third-order valence-electron chi connectivity index (χ3n) is 2.39. The molecule has 0 saturated heterocycles. The van der Waals surface area contributed by atoms with Crippen LogP contribution in [0.1, 0.15) is 0 Å². The van der Waals surface area contributed by atoms with Crippen LogP contribution in [-0.2, 0) is 0 Å². The Labute approximate surface area is 102 Å². The first-order valence-electron chi connectivity index (χ1n) is 5.12. The highest BCUT2D eigenvalue weighted by Gasteiger charge is 2.12. The normalized spacial score (nSPS) is 10.1. The van der Waals surface area contributed by atoms with E-state index in [2.05, 4.69) is 5.32 Å². The summed E-state index contributed by atoms with van der Waals surface area (Å²) in [4.78, 5) is 10.6. The lowest BCUT2D eigenvalue weighted by molar-refractivity contribution is 0.210. The summed E-state index contributed by atoms with van der Waals surface area (Å²) < 4.78 is 26.8. The van der Waals surface area contributed by atoms with Crippen LogP contribution < -0.4 is 5.32 Å². The summed E-state index contributed by atoms with van der Waals surface area (Å²) in [5.74, 6) is -1.11. The van der Waals surface area contributed by atoms with Gasteiger partial charge in [0.05, 0.1) is 5.69 Å². The van der Waals surface area contributed by atoms with E-state index in [-0.39, 0.29) is 16.8 Å². The van der Waals surface area contributed by atoms with Gasteiger partial charge in [0.25, 0.3) is 0 Å². The summed E-state index contributed by atoms with van der Waals surface area (Å²) in [5, 5.41) is 10.8. The van der Waals surface area contributed by atoms with Crippen molar-refractivity contribution in [2.75, 3.05) is 5.32 Å². The predicted molar refractivity (Wildman–Crippen MR) is 63.4 cm³/mol. The van der Waals surface area contributed by atoms with Crippen molar-refractivity contribution < 1.29 is 18.7 Å². The average molecular weight is 249 g/mol. The fourth-order valence-electron chi connectivity index (χ4n) is 1.64. The van der Waals surface area contributed by atoms with Gasteiger partial charge in [0, 0.05) is 11.1 Å². The van der Waals surface area contributed by atoms with Gasteiger partial charge in [-0.1, -0.05) is 18.2 Å². The molecule has 0 spiro atoms. The molecule has 2 N–H and O–H groups in total. The summed E-state index contributed by atoms with van der Waals surface area (Å²) >= 11 is 0. The van der Waals surface area contributed by atoms with Crippen molar-refractivity contribution in [3.05, 3.63) is 54.1 Å². The molecule has 3 nitrogen and oxygen atoms in total. The number of rotatable bonds is 2. The number of carboxylic acid groups (broad SMARTS) is 1. The summed E-state index contributed by atoms with van der Waals surface area (Å²) in [6.07, 6.45) is -1.29. The Morgan fingerprint density at radius 2 is 1.78 bits per heavy atom. The lowest BCUT2D eigenvalue weighted by Gasteiger charge is -2.10. The number of halogens is 2. The van der Waals surface area contributed by atoms with Crippen molar-refractivity contribution in [3.63, 3.8) is 0 Å². The van der Waals surface area contributed by atoms with Gasteiger partial charge in [0.2, 0.25) is 0 Å². The Morgan fingerprint density at radius 3 is 2.44 bits per heavy atom. The average Bonchev–Trinajstić information content (AvgIpc) is 2.32. The molecule has 2 aromatic carbocycles. The molecular formula is C13H9F2NO2. The zero-order valence-electron chi connectivity index (χ0n) is 9.15. The fourth-order valence-corrected chi connectivity index (χ4v) is 1.64. The van der Waals surface area contributed by atoms with Crippen LogP contribution in [0.2, 0.25) is 0 Å². The van der Waals surface area contributed by atoms with E-state index in [1.807, 2.05) is 0 Å². The molecule has 0 unspecified atom stereocenters. The standard InChI is InChI=1S/C13H9F2NO2/c14-8-5-6-12(16-13(17)18)10(7-8)9-3-1-2-4-11(9)15/h1-7,16H,(H,17,18). The highest BCUT2D eigenvalue weighted by atomic mass is 19.1. The molecular weight excluding hydrogens is 240 g/mol. The van der Waals surface area contributed by atoms with Gasteiger partial charge in [-0.2, -0.15) is 0 Å². The Morgan fingerprint density at radius 1 is 1.06 bits per heavy atom. The largest absolute Gasteiger partial charge is 0.465 e. The van der Waals surface area contributed by atoms with Crippen LogP contribution >= 0.6 is 0 Å². The van der Waals surface area contributed by atoms with E-state index < -0.39 is 17.7 Å². The van der Waals surface area contributed by atoms with Crippen LogP contribution in [-0.4, -0.2) is 11.2 Å². The van der Waals surface area contributed by atoms with Gasteiger partial charge in [-0.15, -0.1) is 0 Å². The second kappa shape index (κ2) is 4.83. The van der Waals surface area contributed by atoms with Crippen molar-refractivity contribution in [1.29, 1.82) is 0 Å². The minimum atomic E-state index is -1.29. The molecule has 0 saturated carbocycles. The van der Waals surface area contributed by atoms with Gasteiger partial charge >= 0.3 is 6.09 Å². The number of amides is 1. The molecule has 5 heteroatoms. The zero-order chi connectivity index (χ0) is 13.1. The molecule has 0 aromatic heterocycles. The van der Waals surface area contributed by atoms with Gasteiger partial charge in [-0.25, -0.2) is 13.6 Å². The quantitative estimate of drug-likeness (QED) is 0.852. The van der Waals surface area contributed by atoms with Crippen molar-refractivity contribution in [1.82, 2.24) is 0 Å². The maximum atomic E-state index is 13.6. The highest BCUT2D eigenvalue weighted by molar-refractivity contribution is 5.90. The minimum absolute atomic E-state index is 0.133. The Bertz CT molecular complexity index is 599. The molecule has 0 fully saturated rings. The van der Waals surface area contributed by atoms with E-state index in [9.17, 15) is 13.6 Å². The summed E-state index contributed by atoms with van der Waals surface area (Å²) in [6.45, 7) is 0. The molecule has 0 heterocycles. The smallest absolute Gasteiger partial charge is 0.409 e. The number of hydrogen-bond donors (Lipinski definition) is 2. The number of nitrogens with one attached hydrogen (secondary N) is 1. The minimum Gasteiger partial charge on any atom is -0.465 e. The topological polar surface area (TPSA) is 49.3 Å². The van der Waals surface area contributed by atoms with Gasteiger partial charge in [0.1, 0.15) is 11.6 Å². The van der Waals surface area contributed by atoms with Crippen LogP contribution in [0.15, 0.2) is 42.5 Å². The maximum absolute atomic E-state index is 13.6. The van der Waals surface area contributed by atoms with Gasteiger partial charge in [0.15, 0.2) is 0 Å². The van der Waals surface area contributed by atoms with E-state index in [0.29, 0.717) is 0 Å². The Balaban J connectivity index is 2.58. The SMILES string of the molecule is O=C(O)Nc1ccc(F)cc1-c1ccccc1F. The monoisotopic (exact) mass is 249 g/mol. The molecule has 2 rings (SSSR count). The molecule has 18 heavy (non-hydrogen) atoms. The van der Waals surface area contributed by atoms with E-state index in [1.165, 1.54) is 24.3 Å². The van der Waals surface area contributed by atoms with Crippen molar-refractivity contribution >= 4 is 11.8 Å². The maximum Gasteiger partial charge on any atom is 0.409 e. The van der Waals surface area contributed by atoms with Crippen molar-refractivity contribution in [2.45, 2.75) is 0 Å². The molecule has 0 aliphatic carbocycles. The highest BCUT2D eigenvalue weighted by Crippen LogP contribution is 2.30. The van der Waals surface area contributed by atoms with Crippen molar-refractivity contribution in [3.8, 4) is 11.1 Å². The predicted octanol–water partition coefficient (Wildman–Crippen LogP) is 3.72. The Kier molecular flexibility index (Phi) is 3.23. The van der Waals surface area contributed by atoms with E-state index in [0.717, 1.165) is 12.1 Å². The second-order valence-corrected chi connectivity index (χ2v) is 3.60. The summed E-state index contributed by atoms with van der Waals surface area (Å²) in [6, 6.07) is 9.22. The molecule has 0 aliphatic rings. The lowest BCUT2D eigenvalue weighted by Crippen LogP contribution is -2.08. The van der Waals surface area contributed by atoms with Crippen LogP contribution in [0.3, 0.4) is 0 Å². The van der Waals surface area contributed by atoms with E-state index in [1.54, 1.807) is 6.07 Å². The summed E-state index contributed by atoms with van der Waals surface area (Å²) in [7, 11) is 0. The molecule has 0 aliphatic heterocycles. The fraction of sp³-hybridized carbons (Fsp3) is 0. The van der Waals surface area contributed by atoms with Gasteiger partial charge in [-0.05, 0) is 24.3 Å². The third-order valence-corrected chi connectivity index (χ3v) is 2.39. The van der Waals surface area contributed by atoms with E-state index in [4.69, 9.17) is 5.11 Å². The van der Waals surface area contributed by atoms with Crippen LogP contribution in [0, 0.1) is 11.6 Å². The molecule has 1 amide bonds. The molecule has 0 atom stereocenters. The van der Waals surface area contributed by atoms with Gasteiger partial charge < -0.3 is 5.11 Å². The number of carbonyl (C=O) groups is 1. The third kappa shape index (κ3) is 2.45. The number of benzene rings is 2. The van der Waals surface area contributed by atoms with Crippen LogP contribution in [0.25, 0.3) is 11.1 Å². The van der Waals surface area contributed by atoms with Gasteiger partial charge in [-0.3, -0.25) is 5.32 Å². The second-order valence-electron chi connectivity index (χ2n) is 3.60. The van der Waals surface area contributed by atoms with Crippen LogP contribution in [0.4, 0.5) is 19.3 Å². The molecule has 0 bridgehead atoms.